The average Bonchev–Trinajstić information content (AvgIpc) is 2.70. The summed E-state index contributed by atoms with van der Waals surface area (Å²) in [6.07, 6.45) is 12.7. The van der Waals surface area contributed by atoms with E-state index < -0.39 is 0 Å². The summed E-state index contributed by atoms with van der Waals surface area (Å²) in [6, 6.07) is 0.744. The van der Waals surface area contributed by atoms with Crippen molar-refractivity contribution in [2.75, 3.05) is 6.54 Å². The van der Waals surface area contributed by atoms with Gasteiger partial charge in [-0.2, -0.15) is 0 Å². The van der Waals surface area contributed by atoms with Gasteiger partial charge >= 0.3 is 0 Å². The highest BCUT2D eigenvalue weighted by molar-refractivity contribution is 4.76. The van der Waals surface area contributed by atoms with Crippen molar-refractivity contribution in [2.24, 2.45) is 5.92 Å². The van der Waals surface area contributed by atoms with Crippen molar-refractivity contribution >= 4 is 0 Å². The third-order valence-electron chi connectivity index (χ3n) is 3.62. The summed E-state index contributed by atoms with van der Waals surface area (Å²) in [6.45, 7) is 4.48. The van der Waals surface area contributed by atoms with E-state index in [9.17, 15) is 0 Å². The zero-order valence-corrected chi connectivity index (χ0v) is 10.2. The lowest BCUT2D eigenvalue weighted by molar-refractivity contribution is 0.436. The molecule has 0 aliphatic heterocycles. The summed E-state index contributed by atoms with van der Waals surface area (Å²) in [5.74, 6) is 0.931. The quantitative estimate of drug-likeness (QED) is 0.791. The Morgan fingerprint density at radius 1 is 1.31 bits per heavy atom. The first-order valence-electron chi connectivity index (χ1n) is 6.53. The Morgan fingerprint density at radius 2 is 2.25 bits per heavy atom. The van der Waals surface area contributed by atoms with E-state index in [1.54, 1.807) is 0 Å². The largest absolute Gasteiger partial charge is 0.336 e. The van der Waals surface area contributed by atoms with Crippen LogP contribution >= 0.6 is 0 Å². The molecule has 16 heavy (non-hydrogen) atoms. The second kappa shape index (κ2) is 6.04. The number of nitrogens with zero attached hydrogens (tertiary/aromatic N) is 2. The molecule has 3 heteroatoms. The van der Waals surface area contributed by atoms with Crippen LogP contribution < -0.4 is 5.32 Å². The zero-order valence-electron chi connectivity index (χ0n) is 10.2. The minimum absolute atomic E-state index is 0.744. The van der Waals surface area contributed by atoms with Crippen molar-refractivity contribution in [3.8, 4) is 0 Å². The Morgan fingerprint density at radius 3 is 3.06 bits per heavy atom. The molecule has 1 aliphatic carbocycles. The van der Waals surface area contributed by atoms with E-state index in [0.29, 0.717) is 0 Å². The first kappa shape index (κ1) is 11.6. The molecular weight excluding hydrogens is 198 g/mol. The Bertz CT molecular complexity index is 281. The van der Waals surface area contributed by atoms with Gasteiger partial charge in [-0.05, 0) is 25.2 Å². The minimum atomic E-state index is 0.744. The van der Waals surface area contributed by atoms with Crippen molar-refractivity contribution in [1.82, 2.24) is 14.9 Å². The van der Waals surface area contributed by atoms with Gasteiger partial charge in [0.1, 0.15) is 0 Å². The van der Waals surface area contributed by atoms with Crippen molar-refractivity contribution in [1.29, 1.82) is 0 Å². The molecule has 0 spiro atoms. The second-order valence-corrected chi connectivity index (χ2v) is 5.06. The maximum Gasteiger partial charge on any atom is 0.0946 e. The van der Waals surface area contributed by atoms with Gasteiger partial charge in [0.05, 0.1) is 6.33 Å². The smallest absolute Gasteiger partial charge is 0.0946 e. The monoisotopic (exact) mass is 221 g/mol. The van der Waals surface area contributed by atoms with Crippen LogP contribution in [0.3, 0.4) is 0 Å². The molecule has 0 radical (unpaired) electrons. The predicted molar refractivity (Wildman–Crippen MR) is 66.3 cm³/mol. The highest BCUT2D eigenvalue weighted by Crippen LogP contribution is 2.22. The molecule has 0 aromatic carbocycles. The molecule has 2 rings (SSSR count). The van der Waals surface area contributed by atoms with E-state index in [1.165, 1.54) is 32.1 Å². The highest BCUT2D eigenvalue weighted by Gasteiger charge is 2.15. The first-order chi connectivity index (χ1) is 7.84. The second-order valence-electron chi connectivity index (χ2n) is 5.06. The van der Waals surface area contributed by atoms with E-state index in [4.69, 9.17) is 0 Å². The maximum absolute atomic E-state index is 4.05. The lowest BCUT2D eigenvalue weighted by Gasteiger charge is -2.16. The number of hydrogen-bond acceptors (Lipinski definition) is 2. The van der Waals surface area contributed by atoms with E-state index in [2.05, 4.69) is 21.8 Å². The molecule has 2 unspecified atom stereocenters. The minimum Gasteiger partial charge on any atom is -0.336 e. The van der Waals surface area contributed by atoms with Gasteiger partial charge in [-0.15, -0.1) is 0 Å². The van der Waals surface area contributed by atoms with Crippen LogP contribution in [0.15, 0.2) is 18.7 Å². The highest BCUT2D eigenvalue weighted by atomic mass is 15.0. The van der Waals surface area contributed by atoms with Crippen LogP contribution in [0.2, 0.25) is 0 Å². The number of imidazole rings is 1. The number of nitrogens with one attached hydrogen (secondary N) is 1. The summed E-state index contributed by atoms with van der Waals surface area (Å²) in [4.78, 5) is 4.05. The molecule has 1 saturated carbocycles. The van der Waals surface area contributed by atoms with Crippen LogP contribution in [0.4, 0.5) is 0 Å². The third kappa shape index (κ3) is 3.63. The summed E-state index contributed by atoms with van der Waals surface area (Å²) < 4.78 is 2.13. The van der Waals surface area contributed by atoms with Gasteiger partial charge in [0.25, 0.3) is 0 Å². The van der Waals surface area contributed by atoms with Crippen LogP contribution in [0.1, 0.15) is 39.0 Å². The van der Waals surface area contributed by atoms with Crippen molar-refractivity contribution < 1.29 is 0 Å². The van der Waals surface area contributed by atoms with Gasteiger partial charge in [0, 0.05) is 31.5 Å². The summed E-state index contributed by atoms with van der Waals surface area (Å²) in [5, 5.41) is 3.67. The van der Waals surface area contributed by atoms with Gasteiger partial charge in [-0.1, -0.05) is 19.8 Å². The Kier molecular flexibility index (Phi) is 4.40. The fourth-order valence-corrected chi connectivity index (χ4v) is 2.51. The molecule has 1 fully saturated rings. The van der Waals surface area contributed by atoms with Gasteiger partial charge in [-0.25, -0.2) is 4.98 Å². The van der Waals surface area contributed by atoms with E-state index >= 15 is 0 Å². The van der Waals surface area contributed by atoms with Crippen molar-refractivity contribution in [2.45, 2.75) is 51.6 Å². The molecule has 1 aromatic heterocycles. The van der Waals surface area contributed by atoms with Crippen LogP contribution in [0.25, 0.3) is 0 Å². The van der Waals surface area contributed by atoms with E-state index in [-0.39, 0.29) is 0 Å². The Balaban J connectivity index is 1.65. The Hall–Kier alpha value is -0.830. The first-order valence-corrected chi connectivity index (χ1v) is 6.53. The molecule has 1 heterocycles. The molecular formula is C13H23N3. The summed E-state index contributed by atoms with van der Waals surface area (Å²) in [7, 11) is 0. The lowest BCUT2D eigenvalue weighted by atomic mass is 10.0. The van der Waals surface area contributed by atoms with Crippen LogP contribution in [0, 0.1) is 5.92 Å². The average molecular weight is 221 g/mol. The predicted octanol–water partition coefficient (Wildman–Crippen LogP) is 2.44. The third-order valence-corrected chi connectivity index (χ3v) is 3.62. The molecule has 0 saturated heterocycles. The van der Waals surface area contributed by atoms with Gasteiger partial charge in [-0.3, -0.25) is 0 Å². The van der Waals surface area contributed by atoms with Gasteiger partial charge in [0.15, 0.2) is 0 Å². The van der Waals surface area contributed by atoms with Crippen LogP contribution in [-0.2, 0) is 6.54 Å². The van der Waals surface area contributed by atoms with Crippen molar-refractivity contribution in [3.05, 3.63) is 18.7 Å². The van der Waals surface area contributed by atoms with Crippen LogP contribution in [0.5, 0.6) is 0 Å². The maximum atomic E-state index is 4.05. The number of rotatable bonds is 4. The van der Waals surface area contributed by atoms with Gasteiger partial charge in [0.2, 0.25) is 0 Å². The molecule has 0 bridgehead atoms. The molecule has 3 nitrogen and oxygen atoms in total. The molecule has 0 amide bonds. The molecule has 2 atom stereocenters. The summed E-state index contributed by atoms with van der Waals surface area (Å²) >= 11 is 0. The number of aromatic nitrogens is 2. The fraction of sp³-hybridized carbons (Fsp3) is 0.769. The van der Waals surface area contributed by atoms with Gasteiger partial charge < -0.3 is 9.88 Å². The molecule has 1 aliphatic rings. The molecule has 90 valence electrons. The van der Waals surface area contributed by atoms with E-state index in [1.807, 2.05) is 18.7 Å². The fourth-order valence-electron chi connectivity index (χ4n) is 2.51. The zero-order chi connectivity index (χ0) is 11.2. The Labute approximate surface area is 98.3 Å². The topological polar surface area (TPSA) is 29.9 Å². The van der Waals surface area contributed by atoms with E-state index in [0.717, 1.165) is 25.0 Å². The lowest BCUT2D eigenvalue weighted by Crippen LogP contribution is -2.31. The molecule has 1 N–H and O–H groups in total. The number of hydrogen-bond donors (Lipinski definition) is 1. The SMILES string of the molecule is CC1CCCC(NCCn2ccnc2)CC1. The standard InChI is InChI=1S/C13H23N3/c1-12-3-2-4-13(6-5-12)15-8-10-16-9-7-14-11-16/h7,9,11-13,15H,2-6,8,10H2,1H3. The van der Waals surface area contributed by atoms with Crippen LogP contribution in [-0.4, -0.2) is 22.1 Å². The normalized spacial score (nSPS) is 26.6. The van der Waals surface area contributed by atoms with Crippen molar-refractivity contribution in [3.63, 3.8) is 0 Å². The molecule has 1 aromatic rings. The summed E-state index contributed by atoms with van der Waals surface area (Å²) in [5.41, 5.74) is 0.